The largest absolute Gasteiger partial charge is 0.444 e. The number of aromatic nitrogens is 1. The summed E-state index contributed by atoms with van der Waals surface area (Å²) >= 11 is 1.50. The van der Waals surface area contributed by atoms with Crippen LogP contribution in [0, 0.1) is 0 Å². The van der Waals surface area contributed by atoms with Crippen molar-refractivity contribution in [3.8, 4) is 10.4 Å². The highest BCUT2D eigenvalue weighted by Crippen LogP contribution is 2.28. The highest BCUT2D eigenvalue weighted by molar-refractivity contribution is 7.13. The lowest BCUT2D eigenvalue weighted by molar-refractivity contribution is 0.0508. The third kappa shape index (κ3) is 4.77. The van der Waals surface area contributed by atoms with Gasteiger partial charge in [-0.25, -0.2) is 9.78 Å². The zero-order valence-electron chi connectivity index (χ0n) is 13.8. The Hall–Kier alpha value is -1.92. The average Bonchev–Trinajstić information content (AvgIpc) is 2.93. The molecule has 124 valence electrons. The van der Waals surface area contributed by atoms with E-state index in [-0.39, 0.29) is 12.6 Å². The number of carbonyl (C=O) groups excluding carboxylic acids is 1. The molecule has 1 heterocycles. The fourth-order valence-electron chi connectivity index (χ4n) is 2.11. The number of hydrogen-bond donors (Lipinski definition) is 2. The predicted molar refractivity (Wildman–Crippen MR) is 91.3 cm³/mol. The number of aliphatic hydroxyl groups is 1. The smallest absolute Gasteiger partial charge is 0.408 e. The van der Waals surface area contributed by atoms with Gasteiger partial charge >= 0.3 is 6.09 Å². The minimum Gasteiger partial charge on any atom is -0.444 e. The van der Waals surface area contributed by atoms with Crippen LogP contribution in [0.4, 0.5) is 4.79 Å². The summed E-state index contributed by atoms with van der Waals surface area (Å²) in [6.45, 7) is 7.33. The van der Waals surface area contributed by atoms with E-state index < -0.39 is 11.7 Å². The molecule has 1 aromatic heterocycles. The molecule has 0 aliphatic heterocycles. The topological polar surface area (TPSA) is 71.5 Å². The van der Waals surface area contributed by atoms with Crippen molar-refractivity contribution in [3.05, 3.63) is 41.0 Å². The monoisotopic (exact) mass is 334 g/mol. The normalized spacial score (nSPS) is 12.7. The van der Waals surface area contributed by atoms with E-state index in [1.807, 2.05) is 52.0 Å². The van der Waals surface area contributed by atoms with Gasteiger partial charge in [0, 0.05) is 0 Å². The molecule has 0 spiro atoms. The summed E-state index contributed by atoms with van der Waals surface area (Å²) < 4.78 is 5.26. The van der Waals surface area contributed by atoms with Crippen molar-refractivity contribution < 1.29 is 14.6 Å². The number of nitrogens with zero attached hydrogens (tertiary/aromatic N) is 1. The van der Waals surface area contributed by atoms with Crippen molar-refractivity contribution >= 4 is 17.4 Å². The van der Waals surface area contributed by atoms with E-state index in [0.29, 0.717) is 5.69 Å². The zero-order chi connectivity index (χ0) is 17.0. The van der Waals surface area contributed by atoms with Crippen molar-refractivity contribution in [3.63, 3.8) is 0 Å². The minimum absolute atomic E-state index is 0.0722. The van der Waals surface area contributed by atoms with Crippen LogP contribution in [0.15, 0.2) is 29.8 Å². The van der Waals surface area contributed by atoms with E-state index in [0.717, 1.165) is 16.0 Å². The molecule has 2 aromatic rings. The van der Waals surface area contributed by atoms with E-state index >= 15 is 0 Å². The molecule has 1 atom stereocenters. The molecule has 1 amide bonds. The summed E-state index contributed by atoms with van der Waals surface area (Å²) in [6, 6.07) is 7.69. The van der Waals surface area contributed by atoms with Gasteiger partial charge in [0.25, 0.3) is 0 Å². The van der Waals surface area contributed by atoms with Crippen molar-refractivity contribution in [1.29, 1.82) is 0 Å². The first kappa shape index (κ1) is 17.4. The maximum Gasteiger partial charge on any atom is 0.408 e. The Morgan fingerprint density at radius 2 is 2.00 bits per heavy atom. The molecule has 5 nitrogen and oxygen atoms in total. The number of benzene rings is 1. The number of alkyl carbamates (subject to hydrolysis) is 1. The molecule has 0 aliphatic carbocycles. The van der Waals surface area contributed by atoms with Crippen LogP contribution in [0.5, 0.6) is 0 Å². The van der Waals surface area contributed by atoms with Crippen molar-refractivity contribution in [2.45, 2.75) is 45.9 Å². The summed E-state index contributed by atoms with van der Waals surface area (Å²) in [7, 11) is 0. The summed E-state index contributed by atoms with van der Waals surface area (Å²) in [5.41, 5.74) is 3.88. The van der Waals surface area contributed by atoms with Crippen molar-refractivity contribution in [2.24, 2.45) is 0 Å². The fourth-order valence-corrected chi connectivity index (χ4v) is 2.92. The Morgan fingerprint density at radius 3 is 2.57 bits per heavy atom. The minimum atomic E-state index is -0.513. The van der Waals surface area contributed by atoms with Crippen LogP contribution in [-0.2, 0) is 11.3 Å². The van der Waals surface area contributed by atoms with Crippen LogP contribution in [0.3, 0.4) is 0 Å². The number of thiazole rings is 1. The summed E-state index contributed by atoms with van der Waals surface area (Å²) in [4.78, 5) is 16.9. The summed E-state index contributed by atoms with van der Waals surface area (Å²) in [5, 5.41) is 12.1. The highest BCUT2D eigenvalue weighted by Gasteiger charge is 2.18. The first-order valence-corrected chi connectivity index (χ1v) is 8.31. The Morgan fingerprint density at radius 1 is 1.35 bits per heavy atom. The summed E-state index contributed by atoms with van der Waals surface area (Å²) in [5.74, 6) is 0. The summed E-state index contributed by atoms with van der Waals surface area (Å²) in [6.07, 6.45) is -0.431. The Labute approximate surface area is 140 Å². The van der Waals surface area contributed by atoms with Gasteiger partial charge < -0.3 is 15.2 Å². The molecule has 0 saturated heterocycles. The van der Waals surface area contributed by atoms with Gasteiger partial charge in [-0.1, -0.05) is 24.3 Å². The van der Waals surface area contributed by atoms with Gasteiger partial charge in [-0.05, 0) is 38.8 Å². The quantitative estimate of drug-likeness (QED) is 0.890. The van der Waals surface area contributed by atoms with Crippen LogP contribution in [0.2, 0.25) is 0 Å². The lowest BCUT2D eigenvalue weighted by atomic mass is 10.0. The van der Waals surface area contributed by atoms with Gasteiger partial charge in [0.05, 0.1) is 28.7 Å². The maximum absolute atomic E-state index is 11.8. The molecule has 0 radical (unpaired) electrons. The SMILES string of the molecule is CC(NC(=O)OC(C)(C)C)c1ccc(-c2scnc2CO)cc1. The highest BCUT2D eigenvalue weighted by atomic mass is 32.1. The number of amides is 1. The first-order valence-electron chi connectivity index (χ1n) is 7.43. The number of ether oxygens (including phenoxy) is 1. The molecule has 0 bridgehead atoms. The van der Waals surface area contributed by atoms with Crippen LogP contribution in [0.1, 0.15) is 45.0 Å². The van der Waals surface area contributed by atoms with Gasteiger partial charge in [0.1, 0.15) is 5.60 Å². The average molecular weight is 334 g/mol. The van der Waals surface area contributed by atoms with Gasteiger partial charge in [0.2, 0.25) is 0 Å². The van der Waals surface area contributed by atoms with Gasteiger partial charge in [-0.3, -0.25) is 0 Å². The molecule has 0 saturated carbocycles. The number of carbonyl (C=O) groups is 1. The number of hydrogen-bond acceptors (Lipinski definition) is 5. The van der Waals surface area contributed by atoms with Gasteiger partial charge in [-0.2, -0.15) is 0 Å². The van der Waals surface area contributed by atoms with E-state index in [4.69, 9.17) is 4.74 Å². The lowest BCUT2D eigenvalue weighted by Crippen LogP contribution is -2.34. The number of aliphatic hydroxyl groups excluding tert-OH is 1. The standard InChI is InChI=1S/C17H22N2O3S/c1-11(19-16(21)22-17(2,3)4)12-5-7-13(8-6-12)15-14(9-20)18-10-23-15/h5-8,10-11,20H,9H2,1-4H3,(H,19,21). The predicted octanol–water partition coefficient (Wildman–Crippen LogP) is 3.89. The molecule has 6 heteroatoms. The molecule has 1 aromatic carbocycles. The molecular formula is C17H22N2O3S. The fraction of sp³-hybridized carbons (Fsp3) is 0.412. The van der Waals surface area contributed by atoms with Crippen LogP contribution in [0.25, 0.3) is 10.4 Å². The Balaban J connectivity index is 2.06. The Bertz CT molecular complexity index is 659. The van der Waals surface area contributed by atoms with E-state index in [2.05, 4.69) is 10.3 Å². The second-order valence-corrected chi connectivity index (χ2v) is 7.13. The molecule has 2 rings (SSSR count). The van der Waals surface area contributed by atoms with Crippen molar-refractivity contribution in [1.82, 2.24) is 10.3 Å². The van der Waals surface area contributed by atoms with E-state index in [1.54, 1.807) is 5.51 Å². The Kier molecular flexibility index (Phi) is 5.38. The molecule has 0 aliphatic rings. The van der Waals surface area contributed by atoms with Gasteiger partial charge in [0.15, 0.2) is 0 Å². The van der Waals surface area contributed by atoms with E-state index in [9.17, 15) is 9.90 Å². The molecule has 2 N–H and O–H groups in total. The van der Waals surface area contributed by atoms with Crippen LogP contribution in [-0.4, -0.2) is 21.8 Å². The van der Waals surface area contributed by atoms with Gasteiger partial charge in [-0.15, -0.1) is 11.3 Å². The third-order valence-electron chi connectivity index (χ3n) is 3.20. The molecule has 1 unspecified atom stereocenters. The second kappa shape index (κ2) is 7.10. The number of rotatable bonds is 4. The van der Waals surface area contributed by atoms with Crippen LogP contribution < -0.4 is 5.32 Å². The lowest BCUT2D eigenvalue weighted by Gasteiger charge is -2.22. The number of nitrogens with one attached hydrogen (secondary N) is 1. The second-order valence-electron chi connectivity index (χ2n) is 6.28. The zero-order valence-corrected chi connectivity index (χ0v) is 14.6. The molecule has 23 heavy (non-hydrogen) atoms. The molecule has 0 fully saturated rings. The molecular weight excluding hydrogens is 312 g/mol. The first-order chi connectivity index (χ1) is 10.8. The van der Waals surface area contributed by atoms with E-state index in [1.165, 1.54) is 11.3 Å². The third-order valence-corrected chi connectivity index (χ3v) is 4.11. The maximum atomic E-state index is 11.8. The van der Waals surface area contributed by atoms with Crippen LogP contribution >= 0.6 is 11.3 Å². The van der Waals surface area contributed by atoms with Crippen molar-refractivity contribution in [2.75, 3.05) is 0 Å².